The van der Waals surface area contributed by atoms with Gasteiger partial charge in [-0.25, -0.2) is 0 Å². The van der Waals surface area contributed by atoms with E-state index in [1.54, 1.807) is 0 Å². The lowest BCUT2D eigenvalue weighted by Crippen LogP contribution is -1.97. The molecule has 1 heterocycles. The highest BCUT2D eigenvalue weighted by Crippen LogP contribution is 2.27. The summed E-state index contributed by atoms with van der Waals surface area (Å²) in [4.78, 5) is 0. The van der Waals surface area contributed by atoms with Gasteiger partial charge in [-0.2, -0.15) is 5.10 Å². The first-order valence-corrected chi connectivity index (χ1v) is 4.94. The van der Waals surface area contributed by atoms with E-state index in [9.17, 15) is 0 Å². The minimum Gasteiger partial charge on any atom is -0.382 e. The zero-order valence-corrected chi connectivity index (χ0v) is 8.87. The molecular formula is C9H10BrN3. The Hall–Kier alpha value is -1.03. The number of nitrogens with zero attached hydrogens (tertiary/aromatic N) is 2. The van der Waals surface area contributed by atoms with Crippen LogP contribution in [0.2, 0.25) is 0 Å². The monoisotopic (exact) mass is 239 g/mol. The maximum Gasteiger partial charge on any atom is 0.153 e. The number of aromatic nitrogens is 2. The van der Waals surface area contributed by atoms with Crippen molar-refractivity contribution < 1.29 is 0 Å². The van der Waals surface area contributed by atoms with E-state index in [1.165, 1.54) is 0 Å². The molecule has 13 heavy (non-hydrogen) atoms. The summed E-state index contributed by atoms with van der Waals surface area (Å²) < 4.78 is 2.94. The number of aryl methyl sites for hydroxylation is 1. The third-order valence-electron chi connectivity index (χ3n) is 2.05. The van der Waals surface area contributed by atoms with Crippen molar-refractivity contribution in [3.63, 3.8) is 0 Å². The van der Waals surface area contributed by atoms with Gasteiger partial charge in [-0.05, 0) is 35.0 Å². The van der Waals surface area contributed by atoms with Crippen molar-refractivity contribution in [2.45, 2.75) is 13.5 Å². The first-order valence-electron chi connectivity index (χ1n) is 4.14. The second-order valence-corrected chi connectivity index (χ2v) is 3.69. The van der Waals surface area contributed by atoms with E-state index >= 15 is 0 Å². The number of nitrogens with two attached hydrogens (primary N) is 1. The Bertz CT molecular complexity index is 447. The molecule has 4 heteroatoms. The molecule has 68 valence electrons. The van der Waals surface area contributed by atoms with Crippen LogP contribution in [0.3, 0.4) is 0 Å². The van der Waals surface area contributed by atoms with Crippen molar-refractivity contribution in [1.29, 1.82) is 0 Å². The van der Waals surface area contributed by atoms with Gasteiger partial charge in [0.25, 0.3) is 0 Å². The highest BCUT2D eigenvalue weighted by molar-refractivity contribution is 9.10. The lowest BCUT2D eigenvalue weighted by atomic mass is 10.2. The first-order chi connectivity index (χ1) is 6.24. The zero-order chi connectivity index (χ0) is 9.42. The summed E-state index contributed by atoms with van der Waals surface area (Å²) in [5.41, 5.74) is 6.84. The van der Waals surface area contributed by atoms with Crippen LogP contribution in [0.4, 0.5) is 5.82 Å². The molecule has 2 N–H and O–H groups in total. The molecule has 0 aliphatic rings. The predicted octanol–water partition coefficient (Wildman–Crippen LogP) is 2.40. The van der Waals surface area contributed by atoms with E-state index in [1.807, 2.05) is 29.8 Å². The van der Waals surface area contributed by atoms with Gasteiger partial charge in [0, 0.05) is 16.4 Å². The SMILES string of the molecule is CCn1nc(N)c2cccc(Br)c21. The van der Waals surface area contributed by atoms with Gasteiger partial charge in [-0.15, -0.1) is 0 Å². The fourth-order valence-electron chi connectivity index (χ4n) is 1.45. The van der Waals surface area contributed by atoms with Gasteiger partial charge in [-0.3, -0.25) is 4.68 Å². The molecule has 0 fully saturated rings. The van der Waals surface area contributed by atoms with Gasteiger partial charge in [0.1, 0.15) is 0 Å². The molecule has 0 amide bonds. The second kappa shape index (κ2) is 3.03. The maximum absolute atomic E-state index is 5.77. The molecule has 3 nitrogen and oxygen atoms in total. The smallest absolute Gasteiger partial charge is 0.153 e. The topological polar surface area (TPSA) is 43.8 Å². The molecule has 0 saturated carbocycles. The molecule has 1 aromatic heterocycles. The minimum absolute atomic E-state index is 0.596. The summed E-state index contributed by atoms with van der Waals surface area (Å²) in [5.74, 6) is 0.596. The highest BCUT2D eigenvalue weighted by Gasteiger charge is 2.08. The number of hydrogen-bond acceptors (Lipinski definition) is 2. The molecular weight excluding hydrogens is 230 g/mol. The predicted molar refractivity (Wildman–Crippen MR) is 57.5 cm³/mol. The van der Waals surface area contributed by atoms with Crippen molar-refractivity contribution in [1.82, 2.24) is 9.78 Å². The Morgan fingerprint density at radius 3 is 3.00 bits per heavy atom. The number of nitrogen functional groups attached to an aromatic ring is 1. The molecule has 0 aliphatic heterocycles. The molecule has 0 saturated heterocycles. The largest absolute Gasteiger partial charge is 0.382 e. The van der Waals surface area contributed by atoms with Crippen molar-refractivity contribution in [2.75, 3.05) is 5.73 Å². The summed E-state index contributed by atoms with van der Waals surface area (Å²) in [7, 11) is 0. The summed E-state index contributed by atoms with van der Waals surface area (Å²) in [5, 5.41) is 5.24. The molecule has 0 atom stereocenters. The van der Waals surface area contributed by atoms with Crippen LogP contribution in [0, 0.1) is 0 Å². The second-order valence-electron chi connectivity index (χ2n) is 2.84. The molecule has 2 rings (SSSR count). The lowest BCUT2D eigenvalue weighted by Gasteiger charge is -1.99. The fourth-order valence-corrected chi connectivity index (χ4v) is 2.02. The van der Waals surface area contributed by atoms with Crippen molar-refractivity contribution in [3.8, 4) is 0 Å². The number of hydrogen-bond donors (Lipinski definition) is 1. The molecule has 0 bridgehead atoms. The van der Waals surface area contributed by atoms with Crippen LogP contribution >= 0.6 is 15.9 Å². The number of fused-ring (bicyclic) bond motifs is 1. The van der Waals surface area contributed by atoms with Crippen LogP contribution in [0.25, 0.3) is 10.9 Å². The average molecular weight is 240 g/mol. The Morgan fingerprint density at radius 1 is 1.54 bits per heavy atom. The Labute approximate surface area is 84.7 Å². The lowest BCUT2D eigenvalue weighted by molar-refractivity contribution is 0.686. The van der Waals surface area contributed by atoms with E-state index in [4.69, 9.17) is 5.73 Å². The van der Waals surface area contributed by atoms with E-state index in [-0.39, 0.29) is 0 Å². The van der Waals surface area contributed by atoms with E-state index in [2.05, 4.69) is 21.0 Å². The summed E-state index contributed by atoms with van der Waals surface area (Å²) in [6, 6.07) is 5.94. The fraction of sp³-hybridized carbons (Fsp3) is 0.222. The van der Waals surface area contributed by atoms with Gasteiger partial charge >= 0.3 is 0 Å². The quantitative estimate of drug-likeness (QED) is 0.831. The molecule has 2 aromatic rings. The number of halogens is 1. The van der Waals surface area contributed by atoms with Gasteiger partial charge in [0.05, 0.1) is 5.52 Å². The summed E-state index contributed by atoms with van der Waals surface area (Å²) >= 11 is 3.49. The Balaban J connectivity index is 2.89. The number of rotatable bonds is 1. The molecule has 0 radical (unpaired) electrons. The maximum atomic E-state index is 5.77. The van der Waals surface area contributed by atoms with Crippen LogP contribution < -0.4 is 5.73 Å². The standard InChI is InChI=1S/C9H10BrN3/c1-2-13-8-6(9(11)12-13)4-3-5-7(8)10/h3-5H,2H2,1H3,(H2,11,12). The highest BCUT2D eigenvalue weighted by atomic mass is 79.9. The molecule has 0 spiro atoms. The van der Waals surface area contributed by atoms with Crippen LogP contribution in [0.1, 0.15) is 6.92 Å². The molecule has 1 aromatic carbocycles. The van der Waals surface area contributed by atoms with Crippen LogP contribution in [0.5, 0.6) is 0 Å². The van der Waals surface area contributed by atoms with Gasteiger partial charge in [0.15, 0.2) is 5.82 Å². The van der Waals surface area contributed by atoms with Crippen LogP contribution in [-0.4, -0.2) is 9.78 Å². The minimum atomic E-state index is 0.596. The zero-order valence-electron chi connectivity index (χ0n) is 7.29. The van der Waals surface area contributed by atoms with Gasteiger partial charge in [0.2, 0.25) is 0 Å². The van der Waals surface area contributed by atoms with Crippen molar-refractivity contribution in [3.05, 3.63) is 22.7 Å². The van der Waals surface area contributed by atoms with Crippen molar-refractivity contribution >= 4 is 32.7 Å². The third-order valence-corrected chi connectivity index (χ3v) is 2.69. The number of anilines is 1. The summed E-state index contributed by atoms with van der Waals surface area (Å²) in [6.45, 7) is 2.88. The average Bonchev–Trinajstić information content (AvgIpc) is 2.45. The third kappa shape index (κ3) is 1.21. The van der Waals surface area contributed by atoms with Gasteiger partial charge in [-0.1, -0.05) is 6.07 Å². The van der Waals surface area contributed by atoms with Crippen LogP contribution in [-0.2, 0) is 6.54 Å². The number of benzene rings is 1. The van der Waals surface area contributed by atoms with E-state index < -0.39 is 0 Å². The van der Waals surface area contributed by atoms with Crippen molar-refractivity contribution in [2.24, 2.45) is 0 Å². The van der Waals surface area contributed by atoms with Crippen LogP contribution in [0.15, 0.2) is 22.7 Å². The van der Waals surface area contributed by atoms with Gasteiger partial charge < -0.3 is 5.73 Å². The molecule has 0 unspecified atom stereocenters. The Morgan fingerprint density at radius 2 is 2.31 bits per heavy atom. The molecule has 0 aliphatic carbocycles. The Kier molecular flexibility index (Phi) is 2.00. The summed E-state index contributed by atoms with van der Waals surface area (Å²) in [6.07, 6.45) is 0. The van der Waals surface area contributed by atoms with E-state index in [0.717, 1.165) is 21.9 Å². The first kappa shape index (κ1) is 8.56. The normalized spacial score (nSPS) is 10.9. The van der Waals surface area contributed by atoms with E-state index in [0.29, 0.717) is 5.82 Å². The number of para-hydroxylation sites is 1.